The van der Waals surface area contributed by atoms with Gasteiger partial charge >= 0.3 is 0 Å². The van der Waals surface area contributed by atoms with Crippen LogP contribution in [0.3, 0.4) is 0 Å². The summed E-state index contributed by atoms with van der Waals surface area (Å²) in [6.07, 6.45) is 6.75. The molecule has 25 heavy (non-hydrogen) atoms. The standard InChI is InChI=1S/C22H33NO2/c1-4-23-11-20(3)7-5-8-22-15(20)10-14(18(22)23)21-9-6-13(12(2)19(21)25)16(24)17(21)22/h13-19,24-25H,2,4-11H2,1,3H3/t13-,14+,15-,16+,17+,18-,19-,20+,21+,22+/m1/s1. The molecule has 7 fully saturated rings. The lowest BCUT2D eigenvalue weighted by molar-refractivity contribution is -0.227. The maximum atomic E-state index is 11.5. The van der Waals surface area contributed by atoms with Crippen LogP contribution in [-0.2, 0) is 0 Å². The fraction of sp³-hybridized carbons (Fsp3) is 0.909. The Kier molecular flexibility index (Phi) is 2.73. The quantitative estimate of drug-likeness (QED) is 0.720. The van der Waals surface area contributed by atoms with E-state index in [0.29, 0.717) is 23.3 Å². The lowest BCUT2D eigenvalue weighted by Gasteiger charge is -2.68. The van der Waals surface area contributed by atoms with Gasteiger partial charge < -0.3 is 10.2 Å². The Hall–Kier alpha value is -0.380. The van der Waals surface area contributed by atoms with Gasteiger partial charge in [-0.3, -0.25) is 4.90 Å². The molecule has 0 unspecified atom stereocenters. The van der Waals surface area contributed by atoms with Gasteiger partial charge in [0.05, 0.1) is 12.2 Å². The Labute approximate surface area is 151 Å². The molecule has 0 radical (unpaired) electrons. The largest absolute Gasteiger partial charge is 0.392 e. The van der Waals surface area contributed by atoms with Gasteiger partial charge in [-0.15, -0.1) is 0 Å². The van der Waals surface area contributed by atoms with Gasteiger partial charge in [0.15, 0.2) is 0 Å². The van der Waals surface area contributed by atoms with E-state index in [9.17, 15) is 10.2 Å². The van der Waals surface area contributed by atoms with E-state index in [-0.39, 0.29) is 29.0 Å². The van der Waals surface area contributed by atoms with Gasteiger partial charge in [0.2, 0.25) is 0 Å². The minimum atomic E-state index is -0.377. The zero-order valence-corrected chi connectivity index (χ0v) is 15.7. The summed E-state index contributed by atoms with van der Waals surface area (Å²) in [6.45, 7) is 11.5. The van der Waals surface area contributed by atoms with Crippen LogP contribution in [0, 0.1) is 39.9 Å². The molecule has 2 spiro atoms. The third-order valence-corrected chi connectivity index (χ3v) is 10.5. The van der Waals surface area contributed by atoms with Crippen LogP contribution in [0.5, 0.6) is 0 Å². The van der Waals surface area contributed by atoms with E-state index in [4.69, 9.17) is 0 Å². The van der Waals surface area contributed by atoms with E-state index in [0.717, 1.165) is 30.9 Å². The lowest BCUT2D eigenvalue weighted by Crippen LogP contribution is -2.69. The van der Waals surface area contributed by atoms with E-state index in [2.05, 4.69) is 25.3 Å². The summed E-state index contributed by atoms with van der Waals surface area (Å²) < 4.78 is 0. The summed E-state index contributed by atoms with van der Waals surface area (Å²) in [5.41, 5.74) is 1.54. The highest BCUT2D eigenvalue weighted by Gasteiger charge is 2.84. The van der Waals surface area contributed by atoms with Gasteiger partial charge in [-0.25, -0.2) is 0 Å². The maximum Gasteiger partial charge on any atom is 0.0814 e. The van der Waals surface area contributed by atoms with E-state index in [1.807, 2.05) is 0 Å². The number of likely N-dealkylation sites (tertiary alicyclic amines) is 1. The Balaban J connectivity index is 1.60. The fourth-order valence-electron chi connectivity index (χ4n) is 10.1. The van der Waals surface area contributed by atoms with Crippen LogP contribution in [0.2, 0.25) is 0 Å². The minimum Gasteiger partial charge on any atom is -0.392 e. The van der Waals surface area contributed by atoms with E-state index in [1.165, 1.54) is 32.2 Å². The molecule has 1 saturated heterocycles. The first-order valence-electron chi connectivity index (χ1n) is 10.7. The van der Waals surface area contributed by atoms with Crippen molar-refractivity contribution >= 4 is 0 Å². The molecule has 6 saturated carbocycles. The second-order valence-electron chi connectivity index (χ2n) is 10.7. The van der Waals surface area contributed by atoms with Gasteiger partial charge in [0, 0.05) is 29.8 Å². The molecule has 7 aliphatic rings. The average Bonchev–Trinajstić information content (AvgIpc) is 2.99. The maximum absolute atomic E-state index is 11.5. The average molecular weight is 344 g/mol. The molecule has 10 atom stereocenters. The second kappa shape index (κ2) is 4.36. The number of fused-ring (bicyclic) bond motifs is 2. The third-order valence-electron chi connectivity index (χ3n) is 10.5. The fourth-order valence-corrected chi connectivity index (χ4v) is 10.1. The SMILES string of the molecule is C=C1[C@H]2CC[C@]3([C@H]([C@H]2O)[C@@]24CCC[C@@]5(C)CN(CC)[C@@H]2[C@@H]3C[C@H]54)[C@@H]1O. The molecule has 3 heteroatoms. The Morgan fingerprint density at radius 1 is 1.20 bits per heavy atom. The molecule has 1 heterocycles. The van der Waals surface area contributed by atoms with Crippen LogP contribution in [0.15, 0.2) is 12.2 Å². The highest BCUT2D eigenvalue weighted by atomic mass is 16.3. The summed E-state index contributed by atoms with van der Waals surface area (Å²) in [7, 11) is 0. The number of rotatable bonds is 1. The molecule has 0 aromatic rings. The van der Waals surface area contributed by atoms with Crippen LogP contribution >= 0.6 is 0 Å². The summed E-state index contributed by atoms with van der Waals surface area (Å²) in [4.78, 5) is 2.77. The lowest BCUT2D eigenvalue weighted by atomic mass is 9.39. The monoisotopic (exact) mass is 343 g/mol. The van der Waals surface area contributed by atoms with Crippen LogP contribution in [0.25, 0.3) is 0 Å². The van der Waals surface area contributed by atoms with Gasteiger partial charge in [0.25, 0.3) is 0 Å². The van der Waals surface area contributed by atoms with Crippen molar-refractivity contribution in [1.29, 1.82) is 0 Å². The molecule has 7 rings (SSSR count). The first kappa shape index (κ1) is 15.7. The van der Waals surface area contributed by atoms with Crippen molar-refractivity contribution in [2.75, 3.05) is 13.1 Å². The highest BCUT2D eigenvalue weighted by Crippen LogP contribution is 2.83. The van der Waals surface area contributed by atoms with Crippen molar-refractivity contribution in [3.63, 3.8) is 0 Å². The van der Waals surface area contributed by atoms with Crippen LogP contribution in [-0.4, -0.2) is 46.5 Å². The number of aliphatic hydroxyl groups excluding tert-OH is 2. The molecular formula is C22H33NO2. The first-order valence-corrected chi connectivity index (χ1v) is 10.7. The molecule has 7 bridgehead atoms. The van der Waals surface area contributed by atoms with Gasteiger partial charge in [-0.05, 0) is 66.9 Å². The predicted octanol–water partition coefficient (Wildman–Crippen LogP) is 2.82. The number of nitrogens with zero attached hydrogens (tertiary/aromatic N) is 1. The molecule has 0 aromatic heterocycles. The van der Waals surface area contributed by atoms with E-state index in [1.54, 1.807) is 0 Å². The predicted molar refractivity (Wildman–Crippen MR) is 96.8 cm³/mol. The Bertz CT molecular complexity index is 662. The van der Waals surface area contributed by atoms with Crippen LogP contribution in [0.1, 0.15) is 52.4 Å². The number of aliphatic hydroxyl groups is 2. The number of hydrogen-bond donors (Lipinski definition) is 2. The summed E-state index contributed by atoms with van der Waals surface area (Å²) >= 11 is 0. The van der Waals surface area contributed by atoms with Crippen LogP contribution in [0.4, 0.5) is 0 Å². The first-order chi connectivity index (χ1) is 11.9. The minimum absolute atomic E-state index is 0.0809. The highest BCUT2D eigenvalue weighted by molar-refractivity contribution is 5.38. The Morgan fingerprint density at radius 3 is 2.76 bits per heavy atom. The number of hydrogen-bond acceptors (Lipinski definition) is 3. The van der Waals surface area contributed by atoms with Crippen LogP contribution < -0.4 is 0 Å². The smallest absolute Gasteiger partial charge is 0.0814 e. The molecule has 1 aliphatic heterocycles. The molecular weight excluding hydrogens is 310 g/mol. The van der Waals surface area contributed by atoms with Crippen molar-refractivity contribution in [1.82, 2.24) is 4.90 Å². The van der Waals surface area contributed by atoms with Crippen molar-refractivity contribution in [3.8, 4) is 0 Å². The topological polar surface area (TPSA) is 43.7 Å². The molecule has 3 nitrogen and oxygen atoms in total. The van der Waals surface area contributed by atoms with Crippen molar-refractivity contribution in [2.24, 2.45) is 39.9 Å². The molecule has 0 amide bonds. The van der Waals surface area contributed by atoms with Gasteiger partial charge in [-0.2, -0.15) is 0 Å². The summed E-state index contributed by atoms with van der Waals surface area (Å²) in [5, 5.41) is 22.9. The Morgan fingerprint density at radius 2 is 2.00 bits per heavy atom. The van der Waals surface area contributed by atoms with Gasteiger partial charge in [0.1, 0.15) is 0 Å². The zero-order valence-electron chi connectivity index (χ0n) is 15.7. The molecule has 6 aliphatic carbocycles. The normalized spacial score (nSPS) is 64.6. The zero-order chi connectivity index (χ0) is 17.4. The van der Waals surface area contributed by atoms with E-state index < -0.39 is 0 Å². The summed E-state index contributed by atoms with van der Waals surface area (Å²) in [5.74, 6) is 1.77. The number of piperidine rings is 1. The third kappa shape index (κ3) is 1.34. The van der Waals surface area contributed by atoms with Crippen molar-refractivity contribution in [2.45, 2.75) is 70.6 Å². The van der Waals surface area contributed by atoms with Crippen molar-refractivity contribution in [3.05, 3.63) is 12.2 Å². The van der Waals surface area contributed by atoms with Gasteiger partial charge in [-0.1, -0.05) is 26.8 Å². The summed E-state index contributed by atoms with van der Waals surface area (Å²) in [6, 6.07) is 0.592. The molecule has 138 valence electrons. The van der Waals surface area contributed by atoms with E-state index >= 15 is 0 Å². The molecule has 2 N–H and O–H groups in total. The second-order valence-corrected chi connectivity index (χ2v) is 10.7. The van der Waals surface area contributed by atoms with Crippen molar-refractivity contribution < 1.29 is 10.2 Å². The molecule has 0 aromatic carbocycles.